The molecule has 120 valence electrons. The summed E-state index contributed by atoms with van der Waals surface area (Å²) >= 11 is 0. The molecule has 0 aromatic rings. The molecule has 0 rings (SSSR count). The van der Waals surface area contributed by atoms with Crippen LogP contribution in [0.2, 0.25) is 0 Å². The summed E-state index contributed by atoms with van der Waals surface area (Å²) in [5.41, 5.74) is 5.21. The van der Waals surface area contributed by atoms with E-state index in [1.54, 1.807) is 12.2 Å². The van der Waals surface area contributed by atoms with Crippen LogP contribution < -0.4 is 5.73 Å². The van der Waals surface area contributed by atoms with Gasteiger partial charge >= 0.3 is 5.97 Å². The predicted octanol–water partition coefficient (Wildman–Crippen LogP) is 2.19. The van der Waals surface area contributed by atoms with Crippen LogP contribution in [0, 0.1) is 0 Å². The van der Waals surface area contributed by atoms with Crippen molar-refractivity contribution in [3.63, 3.8) is 0 Å². The smallest absolute Gasteiger partial charge is 0.323 e. The molecule has 0 heterocycles. The molecule has 0 spiro atoms. The summed E-state index contributed by atoms with van der Waals surface area (Å²) in [6.45, 7) is 2.18. The van der Waals surface area contributed by atoms with E-state index in [0.29, 0.717) is 0 Å². The lowest BCUT2D eigenvalue weighted by molar-refractivity contribution is -0.141. The molecule has 0 aromatic heterocycles. The number of allylic oxidation sites excluding steroid dienone is 4. The SMILES string of the molecule is CCCCCCCC=CC=CC(=O)C[C@@H](O)[C@H](N)C(=O)O. The van der Waals surface area contributed by atoms with Crippen molar-refractivity contribution in [3.05, 3.63) is 24.3 Å². The number of carbonyl (C=O) groups is 2. The first-order valence-corrected chi connectivity index (χ1v) is 7.51. The Morgan fingerprint density at radius 3 is 2.43 bits per heavy atom. The van der Waals surface area contributed by atoms with E-state index in [9.17, 15) is 14.7 Å². The van der Waals surface area contributed by atoms with Gasteiger partial charge in [0, 0.05) is 6.42 Å². The van der Waals surface area contributed by atoms with Gasteiger partial charge in [0.25, 0.3) is 0 Å². The molecule has 0 bridgehead atoms. The zero-order valence-corrected chi connectivity index (χ0v) is 12.7. The molecule has 0 aromatic carbocycles. The molecular weight excluding hydrogens is 270 g/mol. The average molecular weight is 297 g/mol. The Morgan fingerprint density at radius 2 is 1.81 bits per heavy atom. The van der Waals surface area contributed by atoms with Gasteiger partial charge in [-0.2, -0.15) is 0 Å². The molecule has 2 atom stereocenters. The fourth-order valence-corrected chi connectivity index (χ4v) is 1.77. The number of hydrogen-bond donors (Lipinski definition) is 3. The van der Waals surface area contributed by atoms with Gasteiger partial charge in [-0.15, -0.1) is 0 Å². The van der Waals surface area contributed by atoms with Crippen LogP contribution in [0.15, 0.2) is 24.3 Å². The molecule has 4 N–H and O–H groups in total. The van der Waals surface area contributed by atoms with Crippen molar-refractivity contribution in [1.29, 1.82) is 0 Å². The molecule has 0 fully saturated rings. The van der Waals surface area contributed by atoms with Gasteiger partial charge in [-0.1, -0.05) is 50.8 Å². The fraction of sp³-hybridized carbons (Fsp3) is 0.625. The van der Waals surface area contributed by atoms with Crippen molar-refractivity contribution >= 4 is 11.8 Å². The summed E-state index contributed by atoms with van der Waals surface area (Å²) < 4.78 is 0. The van der Waals surface area contributed by atoms with Crippen molar-refractivity contribution in [2.45, 2.75) is 64.0 Å². The van der Waals surface area contributed by atoms with Gasteiger partial charge in [-0.25, -0.2) is 0 Å². The first-order valence-electron chi connectivity index (χ1n) is 7.51. The quantitative estimate of drug-likeness (QED) is 0.291. The number of aliphatic hydroxyl groups is 1. The van der Waals surface area contributed by atoms with Crippen LogP contribution in [-0.4, -0.2) is 34.1 Å². The van der Waals surface area contributed by atoms with E-state index in [1.165, 1.54) is 31.8 Å². The maximum atomic E-state index is 11.5. The third-order valence-electron chi connectivity index (χ3n) is 3.11. The molecule has 0 aliphatic rings. The molecule has 0 unspecified atom stereocenters. The molecule has 0 radical (unpaired) electrons. The lowest BCUT2D eigenvalue weighted by Crippen LogP contribution is -2.42. The standard InChI is InChI=1S/C16H27NO4/c1-2-3-4-5-6-7-8-9-10-11-13(18)12-14(19)15(17)16(20)21/h8-11,14-15,19H,2-7,12,17H2,1H3,(H,20,21)/t14-,15+/m1/s1. The van der Waals surface area contributed by atoms with Gasteiger partial charge < -0.3 is 15.9 Å². The van der Waals surface area contributed by atoms with Crippen molar-refractivity contribution < 1.29 is 19.8 Å². The van der Waals surface area contributed by atoms with E-state index < -0.39 is 18.1 Å². The summed E-state index contributed by atoms with van der Waals surface area (Å²) in [7, 11) is 0. The van der Waals surface area contributed by atoms with Crippen molar-refractivity contribution in [3.8, 4) is 0 Å². The van der Waals surface area contributed by atoms with Gasteiger partial charge in [0.1, 0.15) is 6.04 Å². The predicted molar refractivity (Wildman–Crippen MR) is 82.9 cm³/mol. The number of ketones is 1. The van der Waals surface area contributed by atoms with Crippen LogP contribution in [0.3, 0.4) is 0 Å². The molecule has 0 aliphatic heterocycles. The van der Waals surface area contributed by atoms with Gasteiger partial charge in [-0.3, -0.25) is 9.59 Å². The summed E-state index contributed by atoms with van der Waals surface area (Å²) in [6.07, 6.45) is 12.2. The Morgan fingerprint density at radius 1 is 1.14 bits per heavy atom. The van der Waals surface area contributed by atoms with Crippen LogP contribution in [-0.2, 0) is 9.59 Å². The highest BCUT2D eigenvalue weighted by molar-refractivity contribution is 5.90. The largest absolute Gasteiger partial charge is 0.480 e. The van der Waals surface area contributed by atoms with Crippen molar-refractivity contribution in [1.82, 2.24) is 0 Å². The van der Waals surface area contributed by atoms with Crippen LogP contribution >= 0.6 is 0 Å². The van der Waals surface area contributed by atoms with Gasteiger partial charge in [0.05, 0.1) is 6.10 Å². The Labute approximate surface area is 126 Å². The third-order valence-corrected chi connectivity index (χ3v) is 3.11. The monoisotopic (exact) mass is 297 g/mol. The zero-order chi connectivity index (χ0) is 16.1. The van der Waals surface area contributed by atoms with E-state index in [4.69, 9.17) is 10.8 Å². The first-order chi connectivity index (χ1) is 9.99. The van der Waals surface area contributed by atoms with Gasteiger partial charge in [0.2, 0.25) is 0 Å². The number of nitrogens with two attached hydrogens (primary N) is 1. The van der Waals surface area contributed by atoms with Gasteiger partial charge in [-0.05, 0) is 18.9 Å². The number of aliphatic carboxylic acids is 1. The molecule has 5 heteroatoms. The number of unbranched alkanes of at least 4 members (excludes halogenated alkanes) is 5. The van der Waals surface area contributed by atoms with E-state index in [1.807, 2.05) is 6.08 Å². The number of rotatable bonds is 12. The second-order valence-corrected chi connectivity index (χ2v) is 5.09. The van der Waals surface area contributed by atoms with E-state index in [0.717, 1.165) is 12.8 Å². The van der Waals surface area contributed by atoms with E-state index in [2.05, 4.69) is 6.92 Å². The zero-order valence-electron chi connectivity index (χ0n) is 12.7. The lowest BCUT2D eigenvalue weighted by atomic mass is 10.1. The van der Waals surface area contributed by atoms with Crippen molar-refractivity contribution in [2.75, 3.05) is 0 Å². The van der Waals surface area contributed by atoms with Crippen LogP contribution in [0.4, 0.5) is 0 Å². The summed E-state index contributed by atoms with van der Waals surface area (Å²) in [4.78, 5) is 22.0. The van der Waals surface area contributed by atoms with E-state index in [-0.39, 0.29) is 12.2 Å². The van der Waals surface area contributed by atoms with Crippen molar-refractivity contribution in [2.24, 2.45) is 5.73 Å². The van der Waals surface area contributed by atoms with E-state index >= 15 is 0 Å². The Bertz CT molecular complexity index is 363. The summed E-state index contributed by atoms with van der Waals surface area (Å²) in [5, 5.41) is 18.0. The molecule has 0 amide bonds. The van der Waals surface area contributed by atoms with Crippen LogP contribution in [0.5, 0.6) is 0 Å². The highest BCUT2D eigenvalue weighted by Crippen LogP contribution is 2.05. The minimum Gasteiger partial charge on any atom is -0.480 e. The molecule has 5 nitrogen and oxygen atoms in total. The Balaban J connectivity index is 3.82. The van der Waals surface area contributed by atoms with Crippen LogP contribution in [0.1, 0.15) is 51.9 Å². The highest BCUT2D eigenvalue weighted by Gasteiger charge is 2.23. The lowest BCUT2D eigenvalue weighted by Gasteiger charge is -2.12. The maximum Gasteiger partial charge on any atom is 0.323 e. The normalized spacial score (nSPS) is 14.6. The Kier molecular flexibility index (Phi) is 11.4. The number of carboxylic acid groups (broad SMARTS) is 1. The second kappa shape index (κ2) is 12.3. The maximum absolute atomic E-state index is 11.5. The number of carbonyl (C=O) groups excluding carboxylic acids is 1. The fourth-order valence-electron chi connectivity index (χ4n) is 1.77. The molecule has 21 heavy (non-hydrogen) atoms. The molecule has 0 saturated heterocycles. The summed E-state index contributed by atoms with van der Waals surface area (Å²) in [5.74, 6) is -1.66. The molecule has 0 aliphatic carbocycles. The summed E-state index contributed by atoms with van der Waals surface area (Å²) in [6, 6.07) is -1.43. The Hall–Kier alpha value is -1.46. The highest BCUT2D eigenvalue weighted by atomic mass is 16.4. The minimum absolute atomic E-state index is 0.283. The number of carboxylic acids is 1. The van der Waals surface area contributed by atoms with Crippen LogP contribution in [0.25, 0.3) is 0 Å². The van der Waals surface area contributed by atoms with Gasteiger partial charge in [0.15, 0.2) is 5.78 Å². The topological polar surface area (TPSA) is 101 Å². The number of hydrogen-bond acceptors (Lipinski definition) is 4. The molecular formula is C16H27NO4. The third kappa shape index (κ3) is 10.9. The average Bonchev–Trinajstić information content (AvgIpc) is 2.44. The first kappa shape index (κ1) is 19.5. The molecule has 0 saturated carbocycles. The number of aliphatic hydroxyl groups excluding tert-OH is 1. The second-order valence-electron chi connectivity index (χ2n) is 5.09. The minimum atomic E-state index is -1.43.